The standard InChI is InChI=1S/C16H20N4O2S/c1-19-7-2-4-12(19)13-5-3-8-20(13)10-14(21)18-16-11(15(17)22)6-9-23-16/h2,4,6-7,9,13H,3,5,8,10H2,1H3,(H2,17,22)(H,18,21)/p+1/t13-/m0/s1. The lowest BCUT2D eigenvalue weighted by Gasteiger charge is -2.21. The quantitative estimate of drug-likeness (QED) is 0.747. The van der Waals surface area contributed by atoms with Crippen molar-refractivity contribution in [2.24, 2.45) is 12.8 Å². The summed E-state index contributed by atoms with van der Waals surface area (Å²) in [6.45, 7) is 1.38. The highest BCUT2D eigenvalue weighted by Gasteiger charge is 2.33. The van der Waals surface area contributed by atoms with Crippen LogP contribution in [0, 0.1) is 0 Å². The zero-order chi connectivity index (χ0) is 16.4. The van der Waals surface area contributed by atoms with Crippen LogP contribution in [0.2, 0.25) is 0 Å². The fourth-order valence-corrected chi connectivity index (χ4v) is 4.10. The number of nitrogens with two attached hydrogens (primary N) is 1. The topological polar surface area (TPSA) is 81.6 Å². The van der Waals surface area contributed by atoms with Gasteiger partial charge in [-0.3, -0.25) is 9.59 Å². The van der Waals surface area contributed by atoms with Gasteiger partial charge in [0.2, 0.25) is 0 Å². The predicted octanol–water partition coefficient (Wildman–Crippen LogP) is 0.544. The van der Waals surface area contributed by atoms with E-state index in [1.165, 1.54) is 21.9 Å². The molecule has 1 fully saturated rings. The first kappa shape index (κ1) is 15.8. The summed E-state index contributed by atoms with van der Waals surface area (Å²) < 4.78 is 2.12. The van der Waals surface area contributed by atoms with Crippen molar-refractivity contribution in [1.29, 1.82) is 0 Å². The van der Waals surface area contributed by atoms with E-state index in [1.807, 2.05) is 19.3 Å². The van der Waals surface area contributed by atoms with Gasteiger partial charge in [-0.2, -0.15) is 0 Å². The van der Waals surface area contributed by atoms with E-state index in [0.717, 1.165) is 19.4 Å². The molecule has 3 heterocycles. The third-order valence-electron chi connectivity index (χ3n) is 4.40. The molecule has 1 aliphatic rings. The Labute approximate surface area is 138 Å². The molecule has 2 aromatic rings. The normalized spacial score (nSPS) is 20.6. The molecule has 2 atom stereocenters. The van der Waals surface area contributed by atoms with Gasteiger partial charge in [-0.1, -0.05) is 0 Å². The van der Waals surface area contributed by atoms with E-state index < -0.39 is 5.91 Å². The minimum absolute atomic E-state index is 0.0777. The third kappa shape index (κ3) is 3.30. The number of anilines is 1. The minimum Gasteiger partial charge on any atom is -0.366 e. The summed E-state index contributed by atoms with van der Waals surface area (Å²) in [7, 11) is 2.04. The molecule has 2 aromatic heterocycles. The maximum absolute atomic E-state index is 12.4. The smallest absolute Gasteiger partial charge is 0.280 e. The van der Waals surface area contributed by atoms with Crippen molar-refractivity contribution in [1.82, 2.24) is 4.57 Å². The largest absolute Gasteiger partial charge is 0.366 e. The van der Waals surface area contributed by atoms with Gasteiger partial charge >= 0.3 is 0 Å². The number of carbonyl (C=O) groups is 2. The highest BCUT2D eigenvalue weighted by molar-refractivity contribution is 7.14. The van der Waals surface area contributed by atoms with Crippen molar-refractivity contribution in [2.45, 2.75) is 18.9 Å². The molecule has 3 rings (SSSR count). The van der Waals surface area contributed by atoms with Gasteiger partial charge in [0.05, 0.1) is 17.8 Å². The maximum Gasteiger partial charge on any atom is 0.280 e. The van der Waals surface area contributed by atoms with Gasteiger partial charge in [-0.25, -0.2) is 0 Å². The Bertz CT molecular complexity index is 721. The number of aromatic nitrogens is 1. The molecular weight excluding hydrogens is 312 g/mol. The van der Waals surface area contributed by atoms with Crippen molar-refractivity contribution in [2.75, 3.05) is 18.4 Å². The number of rotatable bonds is 5. The fraction of sp³-hybridized carbons (Fsp3) is 0.375. The summed E-state index contributed by atoms with van der Waals surface area (Å²) in [5.74, 6) is -0.595. The van der Waals surface area contributed by atoms with Gasteiger partial charge < -0.3 is 20.5 Å². The molecule has 0 spiro atoms. The second kappa shape index (κ2) is 6.55. The summed E-state index contributed by atoms with van der Waals surface area (Å²) >= 11 is 1.32. The average Bonchev–Trinajstić information content (AvgIpc) is 3.19. The lowest BCUT2D eigenvalue weighted by Crippen LogP contribution is -3.11. The highest BCUT2D eigenvalue weighted by atomic mass is 32.1. The molecule has 4 N–H and O–H groups in total. The summed E-state index contributed by atoms with van der Waals surface area (Å²) in [5.41, 5.74) is 6.95. The molecule has 1 saturated heterocycles. The van der Waals surface area contributed by atoms with Crippen molar-refractivity contribution >= 4 is 28.2 Å². The van der Waals surface area contributed by atoms with Crippen LogP contribution in [0.15, 0.2) is 29.8 Å². The molecule has 1 unspecified atom stereocenters. The molecule has 0 saturated carbocycles. The van der Waals surface area contributed by atoms with Gasteiger partial charge in [0.15, 0.2) is 6.54 Å². The summed E-state index contributed by atoms with van der Waals surface area (Å²) in [6, 6.07) is 6.15. The summed E-state index contributed by atoms with van der Waals surface area (Å²) in [6.07, 6.45) is 4.24. The zero-order valence-electron chi connectivity index (χ0n) is 13.0. The first-order valence-electron chi connectivity index (χ1n) is 7.69. The highest BCUT2D eigenvalue weighted by Crippen LogP contribution is 2.22. The molecule has 1 aliphatic heterocycles. The maximum atomic E-state index is 12.4. The Balaban J connectivity index is 1.66. The van der Waals surface area contributed by atoms with Crippen LogP contribution in [-0.4, -0.2) is 29.5 Å². The zero-order valence-corrected chi connectivity index (χ0v) is 13.9. The Morgan fingerprint density at radius 2 is 2.30 bits per heavy atom. The van der Waals surface area contributed by atoms with Crippen molar-refractivity contribution in [3.63, 3.8) is 0 Å². The van der Waals surface area contributed by atoms with Crippen LogP contribution in [0.4, 0.5) is 5.00 Å². The number of nitrogens with zero attached hydrogens (tertiary/aromatic N) is 1. The first-order valence-corrected chi connectivity index (χ1v) is 8.57. The van der Waals surface area contributed by atoms with Gasteiger partial charge in [-0.05, 0) is 23.6 Å². The Morgan fingerprint density at radius 3 is 3.00 bits per heavy atom. The van der Waals surface area contributed by atoms with Gasteiger partial charge in [0.25, 0.3) is 11.8 Å². The van der Waals surface area contributed by atoms with Crippen LogP contribution >= 0.6 is 11.3 Å². The lowest BCUT2D eigenvalue weighted by atomic mass is 10.1. The van der Waals surface area contributed by atoms with Gasteiger partial charge in [0.1, 0.15) is 11.0 Å². The van der Waals surface area contributed by atoms with Crippen LogP contribution in [0.25, 0.3) is 0 Å². The Morgan fingerprint density at radius 1 is 1.48 bits per heavy atom. The number of quaternary nitrogens is 1. The minimum atomic E-state index is -0.517. The Hall–Kier alpha value is -2.12. The molecule has 2 amide bonds. The second-order valence-electron chi connectivity index (χ2n) is 5.90. The molecule has 0 bridgehead atoms. The molecule has 23 heavy (non-hydrogen) atoms. The van der Waals surface area contributed by atoms with Crippen LogP contribution in [0.1, 0.15) is 34.9 Å². The van der Waals surface area contributed by atoms with E-state index in [0.29, 0.717) is 23.2 Å². The number of aryl methyl sites for hydroxylation is 1. The summed E-state index contributed by atoms with van der Waals surface area (Å²) in [5, 5.41) is 5.12. The molecule has 0 aromatic carbocycles. The van der Waals surface area contributed by atoms with E-state index in [1.54, 1.807) is 11.4 Å². The van der Waals surface area contributed by atoms with Crippen LogP contribution in [0.3, 0.4) is 0 Å². The van der Waals surface area contributed by atoms with Crippen LogP contribution < -0.4 is 16.0 Å². The van der Waals surface area contributed by atoms with Crippen LogP contribution in [0.5, 0.6) is 0 Å². The molecule has 6 nitrogen and oxygen atoms in total. The van der Waals surface area contributed by atoms with E-state index in [9.17, 15) is 9.59 Å². The van der Waals surface area contributed by atoms with Crippen molar-refractivity contribution in [3.05, 3.63) is 41.0 Å². The van der Waals surface area contributed by atoms with Crippen LogP contribution in [-0.2, 0) is 11.8 Å². The molecule has 0 radical (unpaired) electrons. The number of hydrogen-bond acceptors (Lipinski definition) is 3. The molecule has 0 aliphatic carbocycles. The fourth-order valence-electron chi connectivity index (χ4n) is 3.29. The molecule has 122 valence electrons. The number of nitrogens with one attached hydrogen (secondary N) is 2. The van der Waals surface area contributed by atoms with Gasteiger partial charge in [-0.15, -0.1) is 11.3 Å². The van der Waals surface area contributed by atoms with E-state index in [2.05, 4.69) is 16.0 Å². The second-order valence-corrected chi connectivity index (χ2v) is 6.82. The lowest BCUT2D eigenvalue weighted by molar-refractivity contribution is -0.910. The number of primary amides is 1. The van der Waals surface area contributed by atoms with Crippen molar-refractivity contribution < 1.29 is 14.5 Å². The van der Waals surface area contributed by atoms with E-state index in [4.69, 9.17) is 5.73 Å². The van der Waals surface area contributed by atoms with E-state index >= 15 is 0 Å². The van der Waals surface area contributed by atoms with E-state index in [-0.39, 0.29) is 5.91 Å². The first-order chi connectivity index (χ1) is 11.1. The van der Waals surface area contributed by atoms with Gasteiger partial charge in [0, 0.05) is 26.1 Å². The number of carbonyl (C=O) groups excluding carboxylic acids is 2. The molecular formula is C16H21N4O2S+. The number of likely N-dealkylation sites (tertiary alicyclic amines) is 1. The SMILES string of the molecule is Cn1cccc1[C@@H]1CCC[NH+]1CC(=O)Nc1sccc1C(N)=O. The number of amides is 2. The Kier molecular flexibility index (Phi) is 4.49. The number of thiophene rings is 1. The van der Waals surface area contributed by atoms with Crippen molar-refractivity contribution in [3.8, 4) is 0 Å². The monoisotopic (exact) mass is 333 g/mol. The summed E-state index contributed by atoms with van der Waals surface area (Å²) in [4.78, 5) is 24.9. The number of hydrogen-bond donors (Lipinski definition) is 3. The average molecular weight is 333 g/mol. The molecule has 7 heteroatoms. The predicted molar refractivity (Wildman–Crippen MR) is 89.6 cm³/mol. The third-order valence-corrected chi connectivity index (χ3v) is 5.23.